The van der Waals surface area contributed by atoms with Gasteiger partial charge < -0.3 is 5.73 Å². The normalized spacial score (nSPS) is 10.8. The molecule has 1 heterocycles. The van der Waals surface area contributed by atoms with E-state index in [-0.39, 0.29) is 0 Å². The Hall–Kier alpha value is -1.68. The zero-order chi connectivity index (χ0) is 11.7. The average Bonchev–Trinajstić information content (AvgIpc) is 2.63. The van der Waals surface area contributed by atoms with E-state index in [1.807, 2.05) is 23.7 Å². The van der Waals surface area contributed by atoms with Crippen LogP contribution in [0.4, 0.5) is 0 Å². The highest BCUT2D eigenvalue weighted by Crippen LogP contribution is 2.17. The largest absolute Gasteiger partial charge is 0.324 e. The summed E-state index contributed by atoms with van der Waals surface area (Å²) in [5.41, 5.74) is 9.18. The van der Waals surface area contributed by atoms with E-state index in [1.165, 1.54) is 11.1 Å². The molecule has 0 aliphatic rings. The van der Waals surface area contributed by atoms with Crippen molar-refractivity contribution in [1.29, 1.82) is 0 Å². The van der Waals surface area contributed by atoms with Crippen LogP contribution in [0.3, 0.4) is 0 Å². The Morgan fingerprint density at radius 1 is 1.25 bits per heavy atom. The summed E-state index contributed by atoms with van der Waals surface area (Å²) in [6.07, 6.45) is 0. The molecule has 2 N–H and O–H groups in total. The first-order chi connectivity index (χ1) is 7.63. The molecule has 0 aliphatic carbocycles. The van der Waals surface area contributed by atoms with E-state index in [1.54, 1.807) is 0 Å². The van der Waals surface area contributed by atoms with Crippen LogP contribution in [0.25, 0.3) is 5.69 Å². The Balaban J connectivity index is 2.62. The quantitative estimate of drug-likeness (QED) is 0.830. The van der Waals surface area contributed by atoms with Gasteiger partial charge in [-0.05, 0) is 38.0 Å². The van der Waals surface area contributed by atoms with E-state index in [9.17, 15) is 0 Å². The van der Waals surface area contributed by atoms with Crippen molar-refractivity contribution >= 4 is 0 Å². The van der Waals surface area contributed by atoms with Crippen LogP contribution in [0.5, 0.6) is 0 Å². The SMILES string of the molecule is Cc1nc(CN)n(-c2cccc(C)c2C)n1. The topological polar surface area (TPSA) is 56.7 Å². The number of hydrogen-bond acceptors (Lipinski definition) is 3. The maximum atomic E-state index is 5.67. The summed E-state index contributed by atoms with van der Waals surface area (Å²) in [6, 6.07) is 6.15. The lowest BCUT2D eigenvalue weighted by Gasteiger charge is -2.09. The highest BCUT2D eigenvalue weighted by atomic mass is 15.4. The molecule has 0 saturated carbocycles. The molecule has 16 heavy (non-hydrogen) atoms. The zero-order valence-corrected chi connectivity index (χ0v) is 9.86. The molecule has 1 aromatic heterocycles. The van der Waals surface area contributed by atoms with E-state index < -0.39 is 0 Å². The van der Waals surface area contributed by atoms with Crippen molar-refractivity contribution in [3.05, 3.63) is 41.0 Å². The number of aryl methyl sites for hydroxylation is 2. The summed E-state index contributed by atoms with van der Waals surface area (Å²) in [6.45, 7) is 6.45. The van der Waals surface area contributed by atoms with Crippen molar-refractivity contribution in [3.8, 4) is 5.69 Å². The van der Waals surface area contributed by atoms with Gasteiger partial charge in [-0.3, -0.25) is 0 Å². The maximum absolute atomic E-state index is 5.67. The average molecular weight is 216 g/mol. The molecule has 84 valence electrons. The molecule has 0 fully saturated rings. The molecule has 0 spiro atoms. The van der Waals surface area contributed by atoms with E-state index in [0.29, 0.717) is 6.54 Å². The van der Waals surface area contributed by atoms with E-state index >= 15 is 0 Å². The number of aromatic nitrogens is 3. The number of rotatable bonds is 2. The lowest BCUT2D eigenvalue weighted by atomic mass is 10.1. The van der Waals surface area contributed by atoms with Gasteiger partial charge in [-0.15, -0.1) is 0 Å². The third-order valence-electron chi connectivity index (χ3n) is 2.77. The first-order valence-electron chi connectivity index (χ1n) is 5.32. The molecule has 4 heteroatoms. The lowest BCUT2D eigenvalue weighted by molar-refractivity contribution is 0.781. The first kappa shape index (κ1) is 10.8. The Labute approximate surface area is 95.1 Å². The minimum Gasteiger partial charge on any atom is -0.324 e. The molecule has 0 aliphatic heterocycles. The van der Waals surface area contributed by atoms with Crippen molar-refractivity contribution in [2.75, 3.05) is 0 Å². The van der Waals surface area contributed by atoms with Gasteiger partial charge in [-0.1, -0.05) is 12.1 Å². The molecule has 0 amide bonds. The van der Waals surface area contributed by atoms with Gasteiger partial charge in [-0.2, -0.15) is 5.10 Å². The van der Waals surface area contributed by atoms with Crippen LogP contribution in [0, 0.1) is 20.8 Å². The molecular formula is C12H16N4. The van der Waals surface area contributed by atoms with Gasteiger partial charge in [0.05, 0.1) is 12.2 Å². The fourth-order valence-corrected chi connectivity index (χ4v) is 1.75. The molecule has 0 saturated heterocycles. The van der Waals surface area contributed by atoms with Crippen LogP contribution >= 0.6 is 0 Å². The molecule has 0 bridgehead atoms. The van der Waals surface area contributed by atoms with Gasteiger partial charge in [0.15, 0.2) is 0 Å². The molecule has 1 aromatic carbocycles. The van der Waals surface area contributed by atoms with Gasteiger partial charge in [0.25, 0.3) is 0 Å². The fourth-order valence-electron chi connectivity index (χ4n) is 1.75. The van der Waals surface area contributed by atoms with Gasteiger partial charge in [-0.25, -0.2) is 9.67 Å². The van der Waals surface area contributed by atoms with Gasteiger partial charge in [0.2, 0.25) is 0 Å². The van der Waals surface area contributed by atoms with Crippen molar-refractivity contribution < 1.29 is 0 Å². The second-order valence-corrected chi connectivity index (χ2v) is 3.91. The Morgan fingerprint density at radius 2 is 2.00 bits per heavy atom. The van der Waals surface area contributed by atoms with Crippen LogP contribution in [-0.2, 0) is 6.54 Å². The molecule has 2 aromatic rings. The summed E-state index contributed by atoms with van der Waals surface area (Å²) in [7, 11) is 0. The van der Waals surface area contributed by atoms with Crippen molar-refractivity contribution in [2.45, 2.75) is 27.3 Å². The lowest BCUT2D eigenvalue weighted by Crippen LogP contribution is -2.09. The molecule has 0 unspecified atom stereocenters. The number of hydrogen-bond donors (Lipinski definition) is 1. The van der Waals surface area contributed by atoms with Crippen LogP contribution in [-0.4, -0.2) is 14.8 Å². The summed E-state index contributed by atoms with van der Waals surface area (Å²) in [4.78, 5) is 4.30. The highest BCUT2D eigenvalue weighted by molar-refractivity contribution is 5.44. The zero-order valence-electron chi connectivity index (χ0n) is 9.86. The minimum atomic E-state index is 0.397. The smallest absolute Gasteiger partial charge is 0.148 e. The van der Waals surface area contributed by atoms with Gasteiger partial charge in [0, 0.05) is 0 Å². The number of nitrogens with zero attached hydrogens (tertiary/aromatic N) is 3. The van der Waals surface area contributed by atoms with Crippen LogP contribution in [0.2, 0.25) is 0 Å². The third kappa shape index (κ3) is 1.72. The van der Waals surface area contributed by atoms with Crippen molar-refractivity contribution in [3.63, 3.8) is 0 Å². The van der Waals surface area contributed by atoms with E-state index in [4.69, 9.17) is 5.73 Å². The Kier molecular flexibility index (Phi) is 2.75. The van der Waals surface area contributed by atoms with Crippen molar-refractivity contribution in [2.24, 2.45) is 5.73 Å². The van der Waals surface area contributed by atoms with E-state index in [2.05, 4.69) is 30.0 Å². The van der Waals surface area contributed by atoms with Gasteiger partial charge in [0.1, 0.15) is 11.6 Å². The van der Waals surface area contributed by atoms with E-state index in [0.717, 1.165) is 17.3 Å². The Morgan fingerprint density at radius 3 is 2.69 bits per heavy atom. The second-order valence-electron chi connectivity index (χ2n) is 3.91. The summed E-state index contributed by atoms with van der Waals surface area (Å²) >= 11 is 0. The number of nitrogens with two attached hydrogens (primary N) is 1. The highest BCUT2D eigenvalue weighted by Gasteiger charge is 2.10. The fraction of sp³-hybridized carbons (Fsp3) is 0.333. The summed E-state index contributed by atoms with van der Waals surface area (Å²) in [5, 5.41) is 4.38. The molecule has 2 rings (SSSR count). The maximum Gasteiger partial charge on any atom is 0.148 e. The molecule has 4 nitrogen and oxygen atoms in total. The predicted molar refractivity (Wildman–Crippen MR) is 63.5 cm³/mol. The minimum absolute atomic E-state index is 0.397. The monoisotopic (exact) mass is 216 g/mol. The second kappa shape index (κ2) is 4.06. The van der Waals surface area contributed by atoms with Gasteiger partial charge >= 0.3 is 0 Å². The third-order valence-corrected chi connectivity index (χ3v) is 2.77. The molecular weight excluding hydrogens is 200 g/mol. The standard InChI is InChI=1S/C12H16N4/c1-8-5-4-6-11(9(8)2)16-12(7-13)14-10(3)15-16/h4-6H,7,13H2,1-3H3. The summed E-state index contributed by atoms with van der Waals surface area (Å²) < 4.78 is 1.83. The predicted octanol–water partition coefficient (Wildman–Crippen LogP) is 1.65. The van der Waals surface area contributed by atoms with Crippen LogP contribution in [0.15, 0.2) is 18.2 Å². The van der Waals surface area contributed by atoms with Crippen LogP contribution < -0.4 is 5.73 Å². The first-order valence-corrected chi connectivity index (χ1v) is 5.32. The molecule has 0 atom stereocenters. The molecule has 0 radical (unpaired) electrons. The summed E-state index contributed by atoms with van der Waals surface area (Å²) in [5.74, 6) is 1.55. The Bertz CT molecular complexity index is 514. The number of benzene rings is 1. The van der Waals surface area contributed by atoms with Crippen molar-refractivity contribution in [1.82, 2.24) is 14.8 Å². The van der Waals surface area contributed by atoms with Crippen LogP contribution in [0.1, 0.15) is 22.8 Å².